The number of nitrogens with zero attached hydrogens (tertiary/aromatic N) is 2. The van der Waals surface area contributed by atoms with Gasteiger partial charge in [0, 0.05) is 34.3 Å². The van der Waals surface area contributed by atoms with Gasteiger partial charge in [0.15, 0.2) is 23.0 Å². The number of ether oxygens (including phenoxy) is 2. The molecule has 2 N–H and O–H groups in total. The van der Waals surface area contributed by atoms with Crippen molar-refractivity contribution < 1.29 is 19.7 Å². The summed E-state index contributed by atoms with van der Waals surface area (Å²) in [6.45, 7) is 0. The lowest BCUT2D eigenvalue weighted by Crippen LogP contribution is -1.88. The highest BCUT2D eigenvalue weighted by Crippen LogP contribution is 2.34. The van der Waals surface area contributed by atoms with Gasteiger partial charge in [-0.2, -0.15) is 0 Å². The van der Waals surface area contributed by atoms with Crippen LogP contribution >= 0.6 is 0 Å². The van der Waals surface area contributed by atoms with Crippen LogP contribution in [0.3, 0.4) is 0 Å². The Kier molecular flexibility index (Phi) is 6.03. The maximum absolute atomic E-state index is 10.3. The zero-order chi connectivity index (χ0) is 22.5. The standard InChI is InChI=1S/C26H22N2O4/c1-31-23-13-3-7-17(25(23)29)15-27-21-11-5-10-20-19(21)9-6-12-22(20)28-16-18-8-4-14-24(32-2)26(18)30/h3-16,29-30H,1-2H3. The average Bonchev–Trinajstić information content (AvgIpc) is 2.82. The van der Waals surface area contributed by atoms with Gasteiger partial charge < -0.3 is 19.7 Å². The molecular formula is C26H22N2O4. The first-order chi connectivity index (χ1) is 15.6. The van der Waals surface area contributed by atoms with E-state index in [0.717, 1.165) is 22.1 Å². The van der Waals surface area contributed by atoms with Crippen LogP contribution in [-0.4, -0.2) is 36.9 Å². The second-order valence-electron chi connectivity index (χ2n) is 6.96. The van der Waals surface area contributed by atoms with Gasteiger partial charge in [0.25, 0.3) is 0 Å². The first kappa shape index (κ1) is 20.9. The van der Waals surface area contributed by atoms with Crippen LogP contribution in [0, 0.1) is 0 Å². The molecule has 4 aromatic rings. The number of benzene rings is 4. The van der Waals surface area contributed by atoms with Crippen LogP contribution in [0.5, 0.6) is 23.0 Å². The van der Waals surface area contributed by atoms with Crippen LogP contribution in [0.15, 0.2) is 82.8 Å². The van der Waals surface area contributed by atoms with Crippen LogP contribution in [0.2, 0.25) is 0 Å². The smallest absolute Gasteiger partial charge is 0.166 e. The van der Waals surface area contributed by atoms with Crippen LogP contribution in [-0.2, 0) is 0 Å². The predicted octanol–water partition coefficient (Wildman–Crippen LogP) is 5.77. The SMILES string of the molecule is COc1cccc(C=Nc2cccc3c(N=Cc4cccc(OC)c4O)cccc23)c1O. The van der Waals surface area contributed by atoms with Gasteiger partial charge in [-0.3, -0.25) is 9.98 Å². The van der Waals surface area contributed by atoms with E-state index in [2.05, 4.69) is 9.98 Å². The Hall–Kier alpha value is -4.32. The first-order valence-corrected chi connectivity index (χ1v) is 9.94. The fraction of sp³-hybridized carbons (Fsp3) is 0.0769. The number of fused-ring (bicyclic) bond motifs is 1. The normalized spacial score (nSPS) is 11.4. The van der Waals surface area contributed by atoms with Crippen molar-refractivity contribution in [3.63, 3.8) is 0 Å². The van der Waals surface area contributed by atoms with Crippen molar-refractivity contribution in [3.05, 3.63) is 83.9 Å². The van der Waals surface area contributed by atoms with E-state index in [-0.39, 0.29) is 11.5 Å². The minimum atomic E-state index is 0.0439. The van der Waals surface area contributed by atoms with Crippen molar-refractivity contribution >= 4 is 34.6 Å². The molecule has 0 unspecified atom stereocenters. The van der Waals surface area contributed by atoms with Crippen molar-refractivity contribution in [1.29, 1.82) is 0 Å². The van der Waals surface area contributed by atoms with E-state index in [1.165, 1.54) is 14.2 Å². The third-order valence-corrected chi connectivity index (χ3v) is 5.06. The molecule has 0 aliphatic carbocycles. The molecule has 0 saturated heterocycles. The predicted molar refractivity (Wildman–Crippen MR) is 128 cm³/mol. The molecule has 0 spiro atoms. The third kappa shape index (κ3) is 4.11. The van der Waals surface area contributed by atoms with E-state index in [4.69, 9.17) is 9.47 Å². The van der Waals surface area contributed by atoms with E-state index < -0.39 is 0 Å². The van der Waals surface area contributed by atoms with Gasteiger partial charge in [0.05, 0.1) is 25.6 Å². The van der Waals surface area contributed by atoms with E-state index in [0.29, 0.717) is 22.6 Å². The van der Waals surface area contributed by atoms with E-state index in [9.17, 15) is 10.2 Å². The molecule has 32 heavy (non-hydrogen) atoms. The minimum Gasteiger partial charge on any atom is -0.504 e. The van der Waals surface area contributed by atoms with Gasteiger partial charge >= 0.3 is 0 Å². The molecule has 0 bridgehead atoms. The maximum atomic E-state index is 10.3. The molecule has 0 atom stereocenters. The largest absolute Gasteiger partial charge is 0.504 e. The van der Waals surface area contributed by atoms with Gasteiger partial charge in [-0.25, -0.2) is 0 Å². The molecule has 0 heterocycles. The molecule has 4 rings (SSSR count). The average molecular weight is 426 g/mol. The fourth-order valence-electron chi connectivity index (χ4n) is 3.40. The summed E-state index contributed by atoms with van der Waals surface area (Å²) in [4.78, 5) is 9.18. The van der Waals surface area contributed by atoms with Crippen molar-refractivity contribution in [2.45, 2.75) is 0 Å². The van der Waals surface area contributed by atoms with Gasteiger partial charge in [-0.1, -0.05) is 36.4 Å². The molecular weight excluding hydrogens is 404 g/mol. The topological polar surface area (TPSA) is 83.6 Å². The van der Waals surface area contributed by atoms with Crippen molar-refractivity contribution in [2.75, 3.05) is 14.2 Å². The highest BCUT2D eigenvalue weighted by atomic mass is 16.5. The molecule has 6 heteroatoms. The number of hydrogen-bond donors (Lipinski definition) is 2. The van der Waals surface area contributed by atoms with Gasteiger partial charge in [-0.15, -0.1) is 0 Å². The summed E-state index contributed by atoms with van der Waals surface area (Å²) < 4.78 is 10.3. The van der Waals surface area contributed by atoms with Crippen molar-refractivity contribution in [2.24, 2.45) is 9.98 Å². The molecule has 6 nitrogen and oxygen atoms in total. The molecule has 160 valence electrons. The summed E-state index contributed by atoms with van der Waals surface area (Å²) in [5.74, 6) is 0.873. The van der Waals surface area contributed by atoms with Crippen LogP contribution < -0.4 is 9.47 Å². The van der Waals surface area contributed by atoms with Crippen LogP contribution in [0.25, 0.3) is 10.8 Å². The Morgan fingerprint density at radius 3 is 1.41 bits per heavy atom. The quantitative estimate of drug-likeness (QED) is 0.384. The summed E-state index contributed by atoms with van der Waals surface area (Å²) in [5, 5.41) is 22.4. The minimum absolute atomic E-state index is 0.0439. The molecule has 0 radical (unpaired) electrons. The Balaban J connectivity index is 1.71. The Morgan fingerprint density at radius 2 is 1.00 bits per heavy atom. The lowest BCUT2D eigenvalue weighted by Gasteiger charge is -2.07. The number of aliphatic imine (C=N–C) groups is 2. The number of hydrogen-bond acceptors (Lipinski definition) is 6. The number of aromatic hydroxyl groups is 2. The number of phenols is 2. The molecule has 0 aromatic heterocycles. The van der Waals surface area contributed by atoms with Crippen molar-refractivity contribution in [1.82, 2.24) is 0 Å². The molecule has 4 aromatic carbocycles. The molecule has 0 amide bonds. The molecule has 0 aliphatic rings. The first-order valence-electron chi connectivity index (χ1n) is 9.94. The lowest BCUT2D eigenvalue weighted by molar-refractivity contribution is 0.373. The molecule has 0 aliphatic heterocycles. The van der Waals surface area contributed by atoms with Gasteiger partial charge in [0.1, 0.15) is 0 Å². The highest BCUT2D eigenvalue weighted by Gasteiger charge is 2.08. The molecule has 0 saturated carbocycles. The summed E-state index contributed by atoms with van der Waals surface area (Å²) in [6.07, 6.45) is 3.22. The van der Waals surface area contributed by atoms with Crippen LogP contribution in [0.4, 0.5) is 11.4 Å². The number of methoxy groups -OCH3 is 2. The Morgan fingerprint density at radius 1 is 0.594 bits per heavy atom. The van der Waals surface area contributed by atoms with Gasteiger partial charge in [0.2, 0.25) is 0 Å². The second-order valence-corrected chi connectivity index (χ2v) is 6.96. The third-order valence-electron chi connectivity index (χ3n) is 5.06. The monoisotopic (exact) mass is 426 g/mol. The zero-order valence-corrected chi connectivity index (χ0v) is 17.7. The number of para-hydroxylation sites is 2. The van der Waals surface area contributed by atoms with E-state index in [1.54, 1.807) is 48.8 Å². The summed E-state index contributed by atoms with van der Waals surface area (Å²) in [6, 6.07) is 22.0. The second kappa shape index (κ2) is 9.22. The van der Waals surface area contributed by atoms with Gasteiger partial charge in [-0.05, 0) is 36.4 Å². The van der Waals surface area contributed by atoms with Crippen molar-refractivity contribution in [3.8, 4) is 23.0 Å². The zero-order valence-electron chi connectivity index (χ0n) is 17.7. The summed E-state index contributed by atoms with van der Waals surface area (Å²) in [7, 11) is 3.02. The lowest BCUT2D eigenvalue weighted by atomic mass is 10.1. The summed E-state index contributed by atoms with van der Waals surface area (Å²) in [5.41, 5.74) is 2.60. The molecule has 0 fully saturated rings. The Labute approximate surface area is 185 Å². The number of phenolic OH excluding ortho intramolecular Hbond substituents is 2. The van der Waals surface area contributed by atoms with E-state index >= 15 is 0 Å². The summed E-state index contributed by atoms with van der Waals surface area (Å²) >= 11 is 0. The van der Waals surface area contributed by atoms with Crippen LogP contribution in [0.1, 0.15) is 11.1 Å². The van der Waals surface area contributed by atoms with E-state index in [1.807, 2.05) is 36.4 Å². The maximum Gasteiger partial charge on any atom is 0.166 e. The number of rotatable bonds is 6. The Bertz CT molecular complexity index is 1230. The highest BCUT2D eigenvalue weighted by molar-refractivity contribution is 6.02. The fourth-order valence-corrected chi connectivity index (χ4v) is 3.40.